The van der Waals surface area contributed by atoms with Gasteiger partial charge < -0.3 is 13.7 Å². The fraction of sp³-hybridized carbons (Fsp3) is 0.0862. The molecule has 0 bridgehead atoms. The molecule has 0 fully saturated rings. The van der Waals surface area contributed by atoms with Crippen molar-refractivity contribution >= 4 is 65.4 Å². The quantitative estimate of drug-likeness (QED) is 0.137. The molecule has 0 spiro atoms. The van der Waals surface area contributed by atoms with Gasteiger partial charge in [-0.05, 0) is 225 Å². The van der Waals surface area contributed by atoms with Gasteiger partial charge in [-0.1, -0.05) is 321 Å². The summed E-state index contributed by atoms with van der Waals surface area (Å²) in [5.41, 5.74) is 44.2. The summed E-state index contributed by atoms with van der Waals surface area (Å²) in [5.74, 6) is 0.607. The highest BCUT2D eigenvalue weighted by Crippen LogP contribution is 2.58. The fourth-order valence-corrected chi connectivity index (χ4v) is 22.4. The van der Waals surface area contributed by atoms with E-state index in [0.29, 0.717) is 5.82 Å². The molecule has 4 aromatic heterocycles. The normalized spacial score (nSPS) is 14.6. The van der Waals surface area contributed by atoms with Crippen molar-refractivity contribution in [3.8, 4) is 129 Å². The van der Waals surface area contributed by atoms with Crippen LogP contribution in [0.1, 0.15) is 97.5 Å². The summed E-state index contributed by atoms with van der Waals surface area (Å²) in [6, 6.07) is 141. The third kappa shape index (κ3) is 9.98. The third-order valence-corrected chi connectivity index (χ3v) is 28.0. The maximum Gasteiger partial charge on any atom is 0.160 e. The second-order valence-electron chi connectivity index (χ2n) is 35.4. The highest BCUT2D eigenvalue weighted by atomic mass is 15.0. The number of fused-ring (bicyclic) bond motifs is 21. The molecule has 21 aromatic rings. The number of hydrogen-bond donors (Lipinski definition) is 0. The summed E-state index contributed by atoms with van der Waals surface area (Å²) in [4.78, 5) is 11.5. The van der Waals surface area contributed by atoms with Crippen LogP contribution in [0, 0.1) is 0 Å². The summed E-state index contributed by atoms with van der Waals surface area (Å²) in [5, 5.41) is 7.31. The van der Waals surface area contributed by atoms with Crippen LogP contribution in [0.25, 0.3) is 194 Å². The van der Waals surface area contributed by atoms with Crippen molar-refractivity contribution in [3.63, 3.8) is 0 Å². The molecule has 1 atom stereocenters. The largest absolute Gasteiger partial charge is 0.309 e. The van der Waals surface area contributed by atoms with Crippen molar-refractivity contribution in [1.82, 2.24) is 23.7 Å². The van der Waals surface area contributed by atoms with Gasteiger partial charge in [-0.3, -0.25) is 0 Å². The summed E-state index contributed by atoms with van der Waals surface area (Å²) >= 11 is 0. The number of rotatable bonds is 10. The second-order valence-corrected chi connectivity index (χ2v) is 35.4. The topological polar surface area (TPSA) is 40.6 Å². The van der Waals surface area contributed by atoms with Crippen molar-refractivity contribution in [2.45, 2.75) is 63.7 Å². The molecule has 5 nitrogen and oxygen atoms in total. The zero-order chi connectivity index (χ0) is 80.5. The summed E-state index contributed by atoms with van der Waals surface area (Å²) in [6.07, 6.45) is 0. The van der Waals surface area contributed by atoms with Gasteiger partial charge in [0.05, 0.1) is 44.5 Å². The van der Waals surface area contributed by atoms with Crippen LogP contribution in [0.3, 0.4) is 0 Å². The molecule has 0 radical (unpaired) electrons. The van der Waals surface area contributed by atoms with E-state index in [2.05, 4.69) is 431 Å². The van der Waals surface area contributed by atoms with Crippen LogP contribution in [0.4, 0.5) is 0 Å². The second kappa shape index (κ2) is 25.6. The Kier molecular flexibility index (Phi) is 14.7. The van der Waals surface area contributed by atoms with Gasteiger partial charge in [0.1, 0.15) is 0 Å². The number of nitrogens with zero attached hydrogens (tertiary/aromatic N) is 5. The van der Waals surface area contributed by atoms with E-state index >= 15 is 0 Å². The molecule has 4 aliphatic rings. The van der Waals surface area contributed by atoms with Gasteiger partial charge >= 0.3 is 0 Å². The third-order valence-electron chi connectivity index (χ3n) is 28.0. The minimum absolute atomic E-state index is 0.0200. The maximum atomic E-state index is 5.77. The first-order valence-corrected chi connectivity index (χ1v) is 42.5. The molecule has 121 heavy (non-hydrogen) atoms. The van der Waals surface area contributed by atoms with Crippen LogP contribution in [0.2, 0.25) is 0 Å². The molecule has 570 valence electrons. The first-order chi connectivity index (χ1) is 59.3. The van der Waals surface area contributed by atoms with Crippen LogP contribution < -0.4 is 0 Å². The Bertz CT molecular complexity index is 7800. The van der Waals surface area contributed by atoms with Gasteiger partial charge in [-0.25, -0.2) is 9.97 Å². The van der Waals surface area contributed by atoms with E-state index < -0.39 is 0 Å². The zero-order valence-corrected chi connectivity index (χ0v) is 68.1. The van der Waals surface area contributed by atoms with Crippen LogP contribution >= 0.6 is 0 Å². The number of para-hydroxylation sites is 3. The lowest BCUT2D eigenvalue weighted by molar-refractivity contribution is 0.660. The Balaban J connectivity index is 0.645. The van der Waals surface area contributed by atoms with Crippen LogP contribution in [-0.4, -0.2) is 23.7 Å². The first kappa shape index (κ1) is 69.4. The van der Waals surface area contributed by atoms with Gasteiger partial charge in [-0.15, -0.1) is 0 Å². The van der Waals surface area contributed by atoms with Crippen LogP contribution in [0.5, 0.6) is 0 Å². The Morgan fingerprint density at radius 1 is 0.215 bits per heavy atom. The lowest BCUT2D eigenvalue weighted by Crippen LogP contribution is -2.14. The molecule has 4 heterocycles. The summed E-state index contributed by atoms with van der Waals surface area (Å²) in [6.45, 7) is 14.2. The fourth-order valence-electron chi connectivity index (χ4n) is 22.4. The zero-order valence-electron chi connectivity index (χ0n) is 68.1. The standard InChI is InChI=1S/C116H81N5/c1-114(2)94-47-15-9-34-81(94)91-65-69(56-59-97(91)114)78-42-24-45-89-108(78)84-37-7-8-38-85(84)109(89)90-46-27-55-107-112(90)88-41-14-20-52-104(88)120(107)76-32-22-29-73(63-76)101-68-100(72-28-21-31-75(62-72)119-102-50-18-12-39-86(102)110-79(43-25-53-105(110)119)70-57-60-98-92(66-70)82-35-10-16-48-95(82)115(98,3)4)117-113(118-101)74-30-23-33-77(64-74)121-103-51-19-13-40-87(103)111-80(44-26-54-106(111)121)71-58-61-99-93(67-71)83-36-11-17-49-96(83)116(99,5)6/h7-68,109H,1-6H3. The summed E-state index contributed by atoms with van der Waals surface area (Å²) in [7, 11) is 0. The molecular weight excluding hydrogens is 1460 g/mol. The minimum atomic E-state index is -0.0914. The molecule has 5 heteroatoms. The Labute approximate surface area is 703 Å². The highest BCUT2D eigenvalue weighted by Gasteiger charge is 2.40. The highest BCUT2D eigenvalue weighted by molar-refractivity contribution is 6.18. The Morgan fingerprint density at radius 2 is 0.537 bits per heavy atom. The monoisotopic (exact) mass is 1540 g/mol. The molecule has 0 saturated heterocycles. The van der Waals surface area contributed by atoms with Crippen molar-refractivity contribution in [1.29, 1.82) is 0 Å². The van der Waals surface area contributed by atoms with E-state index in [1.165, 1.54) is 160 Å². The molecule has 0 amide bonds. The molecule has 0 N–H and O–H groups in total. The molecule has 0 saturated carbocycles. The SMILES string of the molecule is CC1(C)c2ccccc2-c2cc(-c3cccc4c3-c3ccccc3C4c3cccc4c3c3ccccc3n4-c3cccc(-c4cc(-c5cccc(-n6c7ccccc7c7c(-c8ccc9c(c8)-c8ccccc8C9(C)C)cccc76)c5)nc(-c5cccc(-n6c7ccccc7c7c(-c8ccc9c(c8)-c8ccccc8C9(C)C)cccc76)c5)n4)c3)ccc21. The minimum Gasteiger partial charge on any atom is -0.309 e. The molecule has 0 aliphatic heterocycles. The lowest BCUT2D eigenvalue weighted by Gasteiger charge is -2.21. The summed E-state index contributed by atoms with van der Waals surface area (Å²) < 4.78 is 7.38. The molecule has 1 unspecified atom stereocenters. The lowest BCUT2D eigenvalue weighted by atomic mass is 9.82. The van der Waals surface area contributed by atoms with Gasteiger partial charge in [-0.2, -0.15) is 0 Å². The average molecular weight is 1540 g/mol. The molecule has 17 aromatic carbocycles. The smallest absolute Gasteiger partial charge is 0.160 e. The van der Waals surface area contributed by atoms with E-state index in [4.69, 9.17) is 9.97 Å². The Morgan fingerprint density at radius 3 is 1.02 bits per heavy atom. The predicted octanol–water partition coefficient (Wildman–Crippen LogP) is 29.8. The van der Waals surface area contributed by atoms with Gasteiger partial charge in [0.25, 0.3) is 0 Å². The van der Waals surface area contributed by atoms with Gasteiger partial charge in [0.15, 0.2) is 5.82 Å². The average Bonchev–Trinajstić information content (AvgIpc) is 1.54. The van der Waals surface area contributed by atoms with E-state index in [-0.39, 0.29) is 22.2 Å². The van der Waals surface area contributed by atoms with Crippen molar-refractivity contribution < 1.29 is 0 Å². The van der Waals surface area contributed by atoms with Gasteiger partial charge in [0, 0.05) is 88.2 Å². The van der Waals surface area contributed by atoms with E-state index in [1.54, 1.807) is 0 Å². The molecule has 4 aliphatic carbocycles. The number of hydrogen-bond acceptors (Lipinski definition) is 2. The van der Waals surface area contributed by atoms with E-state index in [1.807, 2.05) is 0 Å². The maximum absolute atomic E-state index is 5.77. The van der Waals surface area contributed by atoms with Crippen molar-refractivity contribution in [3.05, 3.63) is 426 Å². The number of benzene rings is 17. The number of aromatic nitrogens is 5. The molecular formula is C116H81N5. The Hall–Kier alpha value is -14.8. The first-order valence-electron chi connectivity index (χ1n) is 42.5. The van der Waals surface area contributed by atoms with E-state index in [9.17, 15) is 0 Å². The van der Waals surface area contributed by atoms with Crippen LogP contribution in [-0.2, 0) is 16.2 Å². The molecule has 25 rings (SSSR count). The van der Waals surface area contributed by atoms with Crippen LogP contribution in [0.15, 0.2) is 376 Å². The van der Waals surface area contributed by atoms with E-state index in [0.717, 1.165) is 78.2 Å². The predicted molar refractivity (Wildman–Crippen MR) is 503 cm³/mol. The van der Waals surface area contributed by atoms with Crippen molar-refractivity contribution in [2.75, 3.05) is 0 Å². The van der Waals surface area contributed by atoms with Crippen molar-refractivity contribution in [2.24, 2.45) is 0 Å². The van der Waals surface area contributed by atoms with Gasteiger partial charge in [0.2, 0.25) is 0 Å².